The SMILES string of the molecule is COc1cc(/C=N\NC(=O)Nc2ccccc2)ccc1OCCOc1cc(C)ccc1C(C)C. The number of nitrogens with one attached hydrogen (secondary N) is 2. The highest BCUT2D eigenvalue weighted by Gasteiger charge is 2.09. The van der Waals surface area contributed by atoms with Gasteiger partial charge in [-0.3, -0.25) is 0 Å². The molecular weight excluding hydrogens is 430 g/mol. The minimum absolute atomic E-state index is 0.372. The number of carbonyl (C=O) groups is 1. The van der Waals surface area contributed by atoms with Gasteiger partial charge in [-0.05, 0) is 65.9 Å². The molecule has 0 unspecified atom stereocenters. The second kappa shape index (κ2) is 12.3. The quantitative estimate of drug-likeness (QED) is 0.229. The molecule has 0 aliphatic heterocycles. The third-order valence-corrected chi connectivity index (χ3v) is 4.99. The summed E-state index contributed by atoms with van der Waals surface area (Å²) in [7, 11) is 1.58. The van der Waals surface area contributed by atoms with E-state index in [0.717, 1.165) is 16.9 Å². The van der Waals surface area contributed by atoms with Gasteiger partial charge in [0.1, 0.15) is 19.0 Å². The number of para-hydroxylation sites is 1. The summed E-state index contributed by atoms with van der Waals surface area (Å²) in [5, 5.41) is 6.67. The summed E-state index contributed by atoms with van der Waals surface area (Å²) in [5.41, 5.74) is 6.21. The molecule has 0 aromatic heterocycles. The molecule has 0 aliphatic rings. The maximum Gasteiger partial charge on any atom is 0.339 e. The molecule has 0 heterocycles. The van der Waals surface area contributed by atoms with E-state index in [-0.39, 0.29) is 0 Å². The first-order valence-electron chi connectivity index (χ1n) is 11.2. The minimum atomic E-state index is -0.427. The molecular formula is C27H31N3O4. The largest absolute Gasteiger partial charge is 0.493 e. The molecule has 178 valence electrons. The van der Waals surface area contributed by atoms with E-state index in [9.17, 15) is 4.79 Å². The zero-order valence-electron chi connectivity index (χ0n) is 20.0. The van der Waals surface area contributed by atoms with E-state index < -0.39 is 6.03 Å². The number of hydrogen-bond acceptors (Lipinski definition) is 5. The molecule has 0 spiro atoms. The molecule has 0 saturated carbocycles. The van der Waals surface area contributed by atoms with Gasteiger partial charge in [0, 0.05) is 5.69 Å². The van der Waals surface area contributed by atoms with Crippen LogP contribution >= 0.6 is 0 Å². The number of rotatable bonds is 10. The first-order valence-corrected chi connectivity index (χ1v) is 11.2. The average molecular weight is 462 g/mol. The van der Waals surface area contributed by atoms with Crippen molar-refractivity contribution in [3.05, 3.63) is 83.4 Å². The van der Waals surface area contributed by atoms with Crippen LogP contribution in [0.2, 0.25) is 0 Å². The fraction of sp³-hybridized carbons (Fsp3) is 0.259. The molecule has 0 radical (unpaired) electrons. The summed E-state index contributed by atoms with van der Waals surface area (Å²) in [4.78, 5) is 11.9. The number of methoxy groups -OCH3 is 1. The Kier molecular flexibility index (Phi) is 8.91. The van der Waals surface area contributed by atoms with Gasteiger partial charge in [0.15, 0.2) is 11.5 Å². The van der Waals surface area contributed by atoms with Crippen molar-refractivity contribution in [2.75, 3.05) is 25.6 Å². The molecule has 7 heteroatoms. The van der Waals surface area contributed by atoms with Crippen molar-refractivity contribution in [2.24, 2.45) is 5.10 Å². The van der Waals surface area contributed by atoms with Crippen LogP contribution in [0.4, 0.5) is 10.5 Å². The fourth-order valence-electron chi connectivity index (χ4n) is 3.28. The summed E-state index contributed by atoms with van der Waals surface area (Å²) >= 11 is 0. The van der Waals surface area contributed by atoms with Crippen LogP contribution in [0.25, 0.3) is 0 Å². The highest BCUT2D eigenvalue weighted by atomic mass is 16.5. The Morgan fingerprint density at radius 1 is 0.941 bits per heavy atom. The molecule has 3 rings (SSSR count). The molecule has 3 aromatic rings. The Balaban J connectivity index is 1.51. The summed E-state index contributed by atoms with van der Waals surface area (Å²) in [6.45, 7) is 7.13. The van der Waals surface area contributed by atoms with Gasteiger partial charge in [0.05, 0.1) is 13.3 Å². The number of benzene rings is 3. The Hall–Kier alpha value is -4.00. The van der Waals surface area contributed by atoms with E-state index in [1.165, 1.54) is 11.8 Å². The molecule has 34 heavy (non-hydrogen) atoms. The van der Waals surface area contributed by atoms with E-state index >= 15 is 0 Å². The maximum atomic E-state index is 11.9. The summed E-state index contributed by atoms with van der Waals surface area (Å²) in [5.74, 6) is 2.44. The van der Waals surface area contributed by atoms with E-state index in [4.69, 9.17) is 14.2 Å². The average Bonchev–Trinajstić information content (AvgIpc) is 2.82. The molecule has 7 nitrogen and oxygen atoms in total. The van der Waals surface area contributed by atoms with Gasteiger partial charge >= 0.3 is 6.03 Å². The van der Waals surface area contributed by atoms with Crippen molar-refractivity contribution in [2.45, 2.75) is 26.7 Å². The van der Waals surface area contributed by atoms with Crippen LogP contribution in [-0.2, 0) is 0 Å². The van der Waals surface area contributed by atoms with Crippen LogP contribution in [0.15, 0.2) is 71.8 Å². The van der Waals surface area contributed by atoms with Crippen molar-refractivity contribution < 1.29 is 19.0 Å². The van der Waals surface area contributed by atoms with Crippen molar-refractivity contribution in [1.29, 1.82) is 0 Å². The number of urea groups is 1. The summed E-state index contributed by atoms with van der Waals surface area (Å²) < 4.78 is 17.3. The summed E-state index contributed by atoms with van der Waals surface area (Å²) in [6, 6.07) is 20.4. The molecule has 3 aromatic carbocycles. The Labute approximate surface area is 200 Å². The van der Waals surface area contributed by atoms with Crippen molar-refractivity contribution >= 4 is 17.9 Å². The number of hydrogen-bond donors (Lipinski definition) is 2. The minimum Gasteiger partial charge on any atom is -0.493 e. The van der Waals surface area contributed by atoms with Gasteiger partial charge in [0.2, 0.25) is 0 Å². The first-order chi connectivity index (χ1) is 16.5. The van der Waals surface area contributed by atoms with E-state index in [1.807, 2.05) is 24.3 Å². The molecule has 0 fully saturated rings. The molecule has 2 N–H and O–H groups in total. The lowest BCUT2D eigenvalue weighted by atomic mass is 10.0. The van der Waals surface area contributed by atoms with E-state index in [0.29, 0.717) is 36.3 Å². The molecule has 0 saturated heterocycles. The second-order valence-corrected chi connectivity index (χ2v) is 7.99. The first kappa shape index (κ1) is 24.6. The predicted octanol–water partition coefficient (Wildman–Crippen LogP) is 5.74. The molecule has 0 atom stereocenters. The smallest absolute Gasteiger partial charge is 0.339 e. The highest BCUT2D eigenvalue weighted by molar-refractivity contribution is 5.90. The van der Waals surface area contributed by atoms with Crippen LogP contribution < -0.4 is 25.0 Å². The van der Waals surface area contributed by atoms with Gasteiger partial charge in [-0.15, -0.1) is 0 Å². The van der Waals surface area contributed by atoms with Gasteiger partial charge in [0.25, 0.3) is 0 Å². The lowest BCUT2D eigenvalue weighted by Crippen LogP contribution is -2.24. The zero-order valence-corrected chi connectivity index (χ0v) is 20.0. The van der Waals surface area contributed by atoms with Crippen LogP contribution in [-0.4, -0.2) is 32.6 Å². The molecule has 0 bridgehead atoms. The lowest BCUT2D eigenvalue weighted by molar-refractivity contribution is 0.210. The predicted molar refractivity (Wildman–Crippen MR) is 135 cm³/mol. The number of anilines is 1. The van der Waals surface area contributed by atoms with Crippen LogP contribution in [0, 0.1) is 6.92 Å². The number of ether oxygens (including phenoxy) is 3. The van der Waals surface area contributed by atoms with E-state index in [2.05, 4.69) is 54.8 Å². The van der Waals surface area contributed by atoms with E-state index in [1.54, 1.807) is 31.4 Å². The lowest BCUT2D eigenvalue weighted by Gasteiger charge is -2.16. The van der Waals surface area contributed by atoms with Crippen LogP contribution in [0.1, 0.15) is 36.5 Å². The van der Waals surface area contributed by atoms with Gasteiger partial charge < -0.3 is 19.5 Å². The van der Waals surface area contributed by atoms with Gasteiger partial charge in [-0.25, -0.2) is 10.2 Å². The third-order valence-electron chi connectivity index (χ3n) is 4.99. The monoisotopic (exact) mass is 461 g/mol. The second-order valence-electron chi connectivity index (χ2n) is 7.99. The van der Waals surface area contributed by atoms with Crippen molar-refractivity contribution in [3.8, 4) is 17.2 Å². The highest BCUT2D eigenvalue weighted by Crippen LogP contribution is 2.29. The molecule has 2 amide bonds. The standard InChI is InChI=1S/C27H31N3O4/c1-19(2)23-12-10-20(3)16-25(23)34-15-14-33-24-13-11-21(17-26(24)32-4)18-28-30-27(31)29-22-8-6-5-7-9-22/h5-13,16-19H,14-15H2,1-4H3,(H2,29,30,31)/b28-18-. The van der Waals surface area contributed by atoms with Crippen LogP contribution in [0.5, 0.6) is 17.2 Å². The number of amides is 2. The van der Waals surface area contributed by atoms with Crippen LogP contribution in [0.3, 0.4) is 0 Å². The third kappa shape index (κ3) is 7.27. The topological polar surface area (TPSA) is 81.2 Å². The Morgan fingerprint density at radius 2 is 1.68 bits per heavy atom. The fourth-order valence-corrected chi connectivity index (χ4v) is 3.28. The Bertz CT molecular complexity index is 1110. The normalized spacial score (nSPS) is 10.9. The Morgan fingerprint density at radius 3 is 2.38 bits per heavy atom. The van der Waals surface area contributed by atoms with Crippen molar-refractivity contribution in [1.82, 2.24) is 5.43 Å². The number of nitrogens with zero attached hydrogens (tertiary/aromatic N) is 1. The number of carbonyl (C=O) groups excluding carboxylic acids is 1. The molecule has 0 aliphatic carbocycles. The summed E-state index contributed by atoms with van der Waals surface area (Å²) in [6.07, 6.45) is 1.53. The number of hydrazone groups is 1. The van der Waals surface area contributed by atoms with Crippen molar-refractivity contribution in [3.63, 3.8) is 0 Å². The van der Waals surface area contributed by atoms with Gasteiger partial charge in [-0.1, -0.05) is 44.2 Å². The maximum absolute atomic E-state index is 11.9. The van der Waals surface area contributed by atoms with Gasteiger partial charge in [-0.2, -0.15) is 5.10 Å². The number of aryl methyl sites for hydroxylation is 1. The zero-order chi connectivity index (χ0) is 24.3.